The van der Waals surface area contributed by atoms with Gasteiger partial charge in [-0.3, -0.25) is 10.1 Å². The van der Waals surface area contributed by atoms with Gasteiger partial charge in [0.2, 0.25) is 0 Å². The van der Waals surface area contributed by atoms with Gasteiger partial charge >= 0.3 is 0 Å². The zero-order valence-electron chi connectivity index (χ0n) is 12.0. The molecule has 2 N–H and O–H groups in total. The molecule has 0 fully saturated rings. The van der Waals surface area contributed by atoms with Crippen molar-refractivity contribution in [2.45, 2.75) is 19.5 Å². The number of aromatic nitrogens is 3. The van der Waals surface area contributed by atoms with Gasteiger partial charge in [-0.25, -0.2) is 0 Å². The lowest BCUT2D eigenvalue weighted by Crippen LogP contribution is -2.18. The molecule has 0 aliphatic carbocycles. The predicted molar refractivity (Wildman–Crippen MR) is 83.5 cm³/mol. The lowest BCUT2D eigenvalue weighted by Gasteiger charge is -2.14. The van der Waals surface area contributed by atoms with E-state index in [1.165, 1.54) is 11.1 Å². The van der Waals surface area contributed by atoms with Crippen LogP contribution in [0.1, 0.15) is 24.1 Å². The summed E-state index contributed by atoms with van der Waals surface area (Å²) in [5.74, 6) is 0. The Morgan fingerprint density at radius 1 is 1.10 bits per heavy atom. The molecule has 0 saturated heterocycles. The van der Waals surface area contributed by atoms with E-state index >= 15 is 0 Å². The van der Waals surface area contributed by atoms with Crippen LogP contribution in [0.3, 0.4) is 0 Å². The largest absolute Gasteiger partial charge is 0.306 e. The minimum absolute atomic E-state index is 0.283. The van der Waals surface area contributed by atoms with E-state index in [-0.39, 0.29) is 6.04 Å². The van der Waals surface area contributed by atoms with Crippen LogP contribution >= 0.6 is 0 Å². The highest BCUT2D eigenvalue weighted by molar-refractivity contribution is 5.58. The molecule has 0 radical (unpaired) electrons. The average molecular weight is 278 g/mol. The van der Waals surface area contributed by atoms with Gasteiger partial charge in [-0.1, -0.05) is 30.3 Å². The topological polar surface area (TPSA) is 53.6 Å². The summed E-state index contributed by atoms with van der Waals surface area (Å²) in [6.07, 6.45) is 5.46. The summed E-state index contributed by atoms with van der Waals surface area (Å²) < 4.78 is 0. The number of pyridine rings is 1. The van der Waals surface area contributed by atoms with E-state index in [1.807, 2.05) is 18.3 Å². The second-order valence-corrected chi connectivity index (χ2v) is 5.06. The van der Waals surface area contributed by atoms with Crippen LogP contribution in [0.15, 0.2) is 61.1 Å². The van der Waals surface area contributed by atoms with Crippen LogP contribution in [0.25, 0.3) is 11.3 Å². The maximum Gasteiger partial charge on any atom is 0.0650 e. The quantitative estimate of drug-likeness (QED) is 0.752. The highest BCUT2D eigenvalue weighted by Crippen LogP contribution is 2.17. The number of aromatic amines is 1. The molecule has 2 aromatic heterocycles. The van der Waals surface area contributed by atoms with Gasteiger partial charge in [0.1, 0.15) is 0 Å². The molecule has 4 heteroatoms. The Labute approximate surface area is 124 Å². The molecule has 3 aromatic rings. The van der Waals surface area contributed by atoms with Crippen molar-refractivity contribution in [3.63, 3.8) is 0 Å². The summed E-state index contributed by atoms with van der Waals surface area (Å²) in [6.45, 7) is 2.98. The molecule has 0 aliphatic rings. The Morgan fingerprint density at radius 2 is 1.95 bits per heavy atom. The van der Waals surface area contributed by atoms with Crippen molar-refractivity contribution >= 4 is 0 Å². The predicted octanol–water partition coefficient (Wildman–Crippen LogP) is 3.32. The number of nitrogens with one attached hydrogen (secondary N) is 2. The van der Waals surface area contributed by atoms with E-state index in [2.05, 4.69) is 57.8 Å². The zero-order valence-corrected chi connectivity index (χ0v) is 12.0. The van der Waals surface area contributed by atoms with Crippen molar-refractivity contribution in [1.82, 2.24) is 20.5 Å². The number of benzene rings is 1. The molecule has 2 heterocycles. The summed E-state index contributed by atoms with van der Waals surface area (Å²) in [5.41, 5.74) is 4.65. The van der Waals surface area contributed by atoms with Gasteiger partial charge in [0.25, 0.3) is 0 Å². The molecule has 0 amide bonds. The molecule has 0 bridgehead atoms. The number of H-pyrrole nitrogens is 1. The molecule has 0 saturated carbocycles. The van der Waals surface area contributed by atoms with Crippen LogP contribution in [0, 0.1) is 0 Å². The molecule has 106 valence electrons. The molecular formula is C17H18N4. The van der Waals surface area contributed by atoms with E-state index in [0.29, 0.717) is 0 Å². The summed E-state index contributed by atoms with van der Waals surface area (Å²) in [7, 11) is 0. The Hall–Kier alpha value is -2.46. The SMILES string of the molecule is CC(NCc1ccc(-c2ccn[nH]2)cc1)c1cccnc1. The van der Waals surface area contributed by atoms with Gasteiger partial charge in [-0.2, -0.15) is 5.10 Å². The average Bonchev–Trinajstić information content (AvgIpc) is 3.08. The smallest absolute Gasteiger partial charge is 0.0650 e. The van der Waals surface area contributed by atoms with Crippen molar-refractivity contribution in [3.8, 4) is 11.3 Å². The van der Waals surface area contributed by atoms with Crippen LogP contribution in [0.5, 0.6) is 0 Å². The Kier molecular flexibility index (Phi) is 4.07. The lowest BCUT2D eigenvalue weighted by molar-refractivity contribution is 0.573. The fourth-order valence-corrected chi connectivity index (χ4v) is 2.24. The van der Waals surface area contributed by atoms with Gasteiger partial charge in [-0.05, 0) is 35.7 Å². The third kappa shape index (κ3) is 3.35. The standard InChI is InChI=1S/C17H18N4/c1-13(16-3-2-9-18-12-16)19-11-14-4-6-15(7-5-14)17-8-10-20-21-17/h2-10,12-13,19H,11H2,1H3,(H,20,21). The molecule has 1 atom stereocenters. The normalized spacial score (nSPS) is 12.2. The lowest BCUT2D eigenvalue weighted by atomic mass is 10.1. The summed E-state index contributed by atoms with van der Waals surface area (Å²) in [5, 5.41) is 10.5. The molecule has 3 rings (SSSR count). The zero-order chi connectivity index (χ0) is 14.5. The van der Waals surface area contributed by atoms with Crippen LogP contribution in [-0.2, 0) is 6.54 Å². The third-order valence-electron chi connectivity index (χ3n) is 3.56. The second kappa shape index (κ2) is 6.33. The van der Waals surface area contributed by atoms with Gasteiger partial charge in [0.05, 0.1) is 5.69 Å². The van der Waals surface area contributed by atoms with Crippen LogP contribution < -0.4 is 5.32 Å². The van der Waals surface area contributed by atoms with Gasteiger partial charge in [0, 0.05) is 31.2 Å². The van der Waals surface area contributed by atoms with Crippen molar-refractivity contribution in [1.29, 1.82) is 0 Å². The first kappa shape index (κ1) is 13.5. The van der Waals surface area contributed by atoms with Crippen LogP contribution in [0.4, 0.5) is 0 Å². The molecule has 0 aliphatic heterocycles. The number of rotatable bonds is 5. The van der Waals surface area contributed by atoms with Crippen molar-refractivity contribution in [2.75, 3.05) is 0 Å². The molecule has 21 heavy (non-hydrogen) atoms. The van der Waals surface area contributed by atoms with Gasteiger partial charge in [0.15, 0.2) is 0 Å². The second-order valence-electron chi connectivity index (χ2n) is 5.06. The first-order valence-corrected chi connectivity index (χ1v) is 7.05. The fourth-order valence-electron chi connectivity index (χ4n) is 2.24. The molecule has 0 spiro atoms. The van der Waals surface area contributed by atoms with E-state index in [9.17, 15) is 0 Å². The summed E-state index contributed by atoms with van der Waals surface area (Å²) in [6, 6.07) is 14.8. The maximum atomic E-state index is 4.15. The number of hydrogen-bond acceptors (Lipinski definition) is 3. The minimum atomic E-state index is 0.283. The van der Waals surface area contributed by atoms with Crippen molar-refractivity contribution < 1.29 is 0 Å². The third-order valence-corrected chi connectivity index (χ3v) is 3.56. The Morgan fingerprint density at radius 3 is 2.62 bits per heavy atom. The fraction of sp³-hybridized carbons (Fsp3) is 0.176. The van der Waals surface area contributed by atoms with Crippen molar-refractivity contribution in [2.24, 2.45) is 0 Å². The van der Waals surface area contributed by atoms with E-state index in [4.69, 9.17) is 0 Å². The van der Waals surface area contributed by atoms with Crippen LogP contribution in [0.2, 0.25) is 0 Å². The molecular weight excluding hydrogens is 260 g/mol. The number of hydrogen-bond donors (Lipinski definition) is 2. The highest BCUT2D eigenvalue weighted by Gasteiger charge is 2.05. The molecule has 1 aromatic carbocycles. The minimum Gasteiger partial charge on any atom is -0.306 e. The Bertz CT molecular complexity index is 660. The van der Waals surface area contributed by atoms with Gasteiger partial charge in [-0.15, -0.1) is 0 Å². The molecule has 1 unspecified atom stereocenters. The summed E-state index contributed by atoms with van der Waals surface area (Å²) >= 11 is 0. The Balaban J connectivity index is 1.61. The molecule has 4 nitrogen and oxygen atoms in total. The first-order valence-electron chi connectivity index (χ1n) is 7.05. The van der Waals surface area contributed by atoms with E-state index in [0.717, 1.165) is 17.8 Å². The van der Waals surface area contributed by atoms with Crippen molar-refractivity contribution in [3.05, 3.63) is 72.2 Å². The summed E-state index contributed by atoms with van der Waals surface area (Å²) in [4.78, 5) is 4.15. The van der Waals surface area contributed by atoms with Gasteiger partial charge < -0.3 is 5.32 Å². The van der Waals surface area contributed by atoms with E-state index < -0.39 is 0 Å². The van der Waals surface area contributed by atoms with Crippen LogP contribution in [-0.4, -0.2) is 15.2 Å². The van der Waals surface area contributed by atoms with E-state index in [1.54, 1.807) is 12.4 Å². The number of nitrogens with zero attached hydrogens (tertiary/aromatic N) is 2. The first-order chi connectivity index (χ1) is 10.3. The maximum absolute atomic E-state index is 4.15. The highest BCUT2D eigenvalue weighted by atomic mass is 15.1. The monoisotopic (exact) mass is 278 g/mol.